The monoisotopic (exact) mass is 291 g/mol. The summed E-state index contributed by atoms with van der Waals surface area (Å²) in [5.41, 5.74) is 0. The van der Waals surface area contributed by atoms with Gasteiger partial charge in [-0.2, -0.15) is 0 Å². The van der Waals surface area contributed by atoms with Crippen LogP contribution in [-0.4, -0.2) is 24.1 Å². The molecule has 0 aliphatic heterocycles. The van der Waals surface area contributed by atoms with Gasteiger partial charge in [-0.3, -0.25) is 0 Å². The van der Waals surface area contributed by atoms with Gasteiger partial charge in [0.25, 0.3) is 0 Å². The van der Waals surface area contributed by atoms with Gasteiger partial charge >= 0.3 is 0 Å². The van der Waals surface area contributed by atoms with E-state index in [4.69, 9.17) is 11.6 Å². The molecule has 1 aromatic heterocycles. The van der Waals surface area contributed by atoms with E-state index in [1.54, 1.807) is 6.20 Å². The van der Waals surface area contributed by atoms with E-state index >= 15 is 0 Å². The Hall–Kier alpha value is -0.320. The van der Waals surface area contributed by atoms with E-state index in [-0.39, 0.29) is 0 Å². The molecular weight excluding hydrogens is 277 g/mol. The molecule has 0 bridgehead atoms. The second kappa shape index (κ2) is 6.30. The van der Waals surface area contributed by atoms with Crippen LogP contribution in [0.3, 0.4) is 0 Å². The highest BCUT2D eigenvalue weighted by Crippen LogP contribution is 2.22. The molecule has 0 atom stereocenters. The third-order valence-electron chi connectivity index (χ3n) is 1.78. The zero-order valence-corrected chi connectivity index (χ0v) is 11.2. The lowest BCUT2D eigenvalue weighted by molar-refractivity contribution is 0.602. The molecule has 2 N–H and O–H groups in total. The average molecular weight is 293 g/mol. The van der Waals surface area contributed by atoms with Crippen LogP contribution in [0, 0.1) is 0 Å². The summed E-state index contributed by atoms with van der Waals surface area (Å²) in [6.45, 7) is 5.94. The topological polar surface area (TPSA) is 37.0 Å². The van der Waals surface area contributed by atoms with Gasteiger partial charge in [-0.15, -0.1) is 0 Å². The highest BCUT2D eigenvalue weighted by Gasteiger charge is 2.01. The van der Waals surface area contributed by atoms with E-state index in [0.717, 1.165) is 23.4 Å². The molecule has 0 amide bonds. The van der Waals surface area contributed by atoms with Gasteiger partial charge in [-0.25, -0.2) is 4.98 Å². The van der Waals surface area contributed by atoms with Gasteiger partial charge < -0.3 is 10.6 Å². The van der Waals surface area contributed by atoms with Gasteiger partial charge in [-0.05, 0) is 22.0 Å². The van der Waals surface area contributed by atoms with E-state index in [9.17, 15) is 0 Å². The van der Waals surface area contributed by atoms with Crippen LogP contribution >= 0.6 is 27.5 Å². The summed E-state index contributed by atoms with van der Waals surface area (Å²) in [6.07, 6.45) is 1.73. The Morgan fingerprint density at radius 2 is 2.20 bits per heavy atom. The molecule has 1 rings (SSSR count). The largest absolute Gasteiger partial charge is 0.368 e. The fourth-order valence-electron chi connectivity index (χ4n) is 1.09. The molecule has 0 fully saturated rings. The molecule has 0 radical (unpaired) electrons. The normalized spacial score (nSPS) is 10.7. The number of nitrogens with zero attached hydrogens (tertiary/aromatic N) is 1. The summed E-state index contributed by atoms with van der Waals surface area (Å²) in [4.78, 5) is 4.18. The average Bonchev–Trinajstić information content (AvgIpc) is 2.14. The van der Waals surface area contributed by atoms with E-state index in [0.29, 0.717) is 11.1 Å². The summed E-state index contributed by atoms with van der Waals surface area (Å²) in [7, 11) is 0. The lowest BCUT2D eigenvalue weighted by Crippen LogP contribution is -2.28. The minimum absolute atomic E-state index is 0.500. The summed E-state index contributed by atoms with van der Waals surface area (Å²) < 4.78 is 0.887. The van der Waals surface area contributed by atoms with Crippen molar-refractivity contribution in [2.45, 2.75) is 19.9 Å². The van der Waals surface area contributed by atoms with Crippen molar-refractivity contribution >= 4 is 33.3 Å². The van der Waals surface area contributed by atoms with E-state index in [1.807, 2.05) is 6.07 Å². The molecule has 0 unspecified atom stereocenters. The van der Waals surface area contributed by atoms with Crippen LogP contribution in [0.1, 0.15) is 13.8 Å². The highest BCUT2D eigenvalue weighted by molar-refractivity contribution is 9.10. The molecule has 0 aliphatic rings. The molecule has 0 aromatic carbocycles. The highest BCUT2D eigenvalue weighted by atomic mass is 79.9. The first-order chi connectivity index (χ1) is 7.09. The fourth-order valence-corrected chi connectivity index (χ4v) is 1.78. The molecule has 1 aromatic rings. The molecule has 0 saturated carbocycles. The predicted octanol–water partition coefficient (Wildman–Crippen LogP) is 2.91. The van der Waals surface area contributed by atoms with E-state index in [2.05, 4.69) is 45.4 Å². The van der Waals surface area contributed by atoms with Gasteiger partial charge in [0.2, 0.25) is 0 Å². The maximum Gasteiger partial charge on any atom is 0.144 e. The number of pyridine rings is 1. The molecule has 0 saturated heterocycles. The van der Waals surface area contributed by atoms with Crippen LogP contribution in [0.5, 0.6) is 0 Å². The second-order valence-corrected chi connectivity index (χ2v) is 4.84. The van der Waals surface area contributed by atoms with Gasteiger partial charge in [0, 0.05) is 29.8 Å². The van der Waals surface area contributed by atoms with Crippen LogP contribution in [-0.2, 0) is 0 Å². The third-order valence-corrected chi connectivity index (χ3v) is 2.50. The number of aromatic nitrogens is 1. The molecular formula is C10H15BrClN3. The summed E-state index contributed by atoms with van der Waals surface area (Å²) >= 11 is 9.31. The summed E-state index contributed by atoms with van der Waals surface area (Å²) in [5.74, 6) is 0.727. The van der Waals surface area contributed by atoms with Crippen molar-refractivity contribution < 1.29 is 0 Å². The smallest absolute Gasteiger partial charge is 0.144 e. The maximum absolute atomic E-state index is 6.00. The quantitative estimate of drug-likeness (QED) is 0.819. The molecule has 0 aliphatic carbocycles. The maximum atomic E-state index is 6.00. The fraction of sp³-hybridized carbons (Fsp3) is 0.500. The first kappa shape index (κ1) is 12.7. The van der Waals surface area contributed by atoms with Crippen molar-refractivity contribution in [3.8, 4) is 0 Å². The zero-order chi connectivity index (χ0) is 11.3. The zero-order valence-electron chi connectivity index (χ0n) is 8.85. The van der Waals surface area contributed by atoms with Crippen LogP contribution in [0.2, 0.25) is 5.02 Å². The Labute approximate surface area is 104 Å². The number of hydrogen-bond donors (Lipinski definition) is 2. The van der Waals surface area contributed by atoms with Gasteiger partial charge in [0.1, 0.15) is 5.82 Å². The lowest BCUT2D eigenvalue weighted by atomic mass is 10.4. The van der Waals surface area contributed by atoms with E-state index in [1.165, 1.54) is 0 Å². The van der Waals surface area contributed by atoms with Crippen molar-refractivity contribution in [1.82, 2.24) is 10.3 Å². The van der Waals surface area contributed by atoms with Crippen LogP contribution in [0.15, 0.2) is 16.7 Å². The first-order valence-corrected chi connectivity index (χ1v) is 6.05. The number of nitrogens with one attached hydrogen (secondary N) is 2. The van der Waals surface area contributed by atoms with Crippen molar-refractivity contribution in [1.29, 1.82) is 0 Å². The first-order valence-electron chi connectivity index (χ1n) is 4.88. The number of halogens is 2. The number of hydrogen-bond acceptors (Lipinski definition) is 3. The number of anilines is 1. The minimum Gasteiger partial charge on any atom is -0.368 e. The third kappa shape index (κ3) is 4.82. The van der Waals surface area contributed by atoms with Crippen molar-refractivity contribution in [3.05, 3.63) is 21.8 Å². The van der Waals surface area contributed by atoms with Crippen molar-refractivity contribution in [3.63, 3.8) is 0 Å². The van der Waals surface area contributed by atoms with Gasteiger partial charge in [0.05, 0.1) is 5.02 Å². The SMILES string of the molecule is CC(C)NCCNc1ncc(Br)cc1Cl. The Bertz CT molecular complexity index is 318. The number of rotatable bonds is 5. The minimum atomic E-state index is 0.500. The molecule has 0 spiro atoms. The Kier molecular flexibility index (Phi) is 5.36. The van der Waals surface area contributed by atoms with Crippen LogP contribution in [0.25, 0.3) is 0 Å². The van der Waals surface area contributed by atoms with Crippen molar-refractivity contribution in [2.24, 2.45) is 0 Å². The standard InChI is InChI=1S/C10H15BrClN3/c1-7(2)13-3-4-14-10-9(12)5-8(11)6-15-10/h5-7,13H,3-4H2,1-2H3,(H,14,15). The van der Waals surface area contributed by atoms with Crippen molar-refractivity contribution in [2.75, 3.05) is 18.4 Å². The lowest BCUT2D eigenvalue weighted by Gasteiger charge is -2.10. The molecule has 84 valence electrons. The van der Waals surface area contributed by atoms with Gasteiger partial charge in [0.15, 0.2) is 0 Å². The Morgan fingerprint density at radius 1 is 1.47 bits per heavy atom. The van der Waals surface area contributed by atoms with Crippen LogP contribution in [0.4, 0.5) is 5.82 Å². The predicted molar refractivity (Wildman–Crippen MR) is 68.6 cm³/mol. The van der Waals surface area contributed by atoms with Gasteiger partial charge in [-0.1, -0.05) is 25.4 Å². The summed E-state index contributed by atoms with van der Waals surface area (Å²) in [6, 6.07) is 2.33. The molecule has 15 heavy (non-hydrogen) atoms. The molecule has 5 heteroatoms. The van der Waals surface area contributed by atoms with E-state index < -0.39 is 0 Å². The Morgan fingerprint density at radius 3 is 2.80 bits per heavy atom. The van der Waals surface area contributed by atoms with Crippen LogP contribution < -0.4 is 10.6 Å². The summed E-state index contributed by atoms with van der Waals surface area (Å²) in [5, 5.41) is 7.11. The molecule has 1 heterocycles. The Balaban J connectivity index is 2.37. The molecule has 3 nitrogen and oxygen atoms in total. The second-order valence-electron chi connectivity index (χ2n) is 3.52.